The fourth-order valence-corrected chi connectivity index (χ4v) is 1.89. The summed E-state index contributed by atoms with van der Waals surface area (Å²) in [6.45, 7) is 3.64. The normalized spacial score (nSPS) is 20.4. The molecule has 1 aliphatic rings. The summed E-state index contributed by atoms with van der Waals surface area (Å²) in [4.78, 5) is 0. The fourth-order valence-electron chi connectivity index (χ4n) is 1.89. The van der Waals surface area contributed by atoms with Crippen LogP contribution in [0.1, 0.15) is 43.7 Å². The Labute approximate surface area is 88.6 Å². The fraction of sp³-hybridized carbons (Fsp3) is 0.700. The van der Waals surface area contributed by atoms with Gasteiger partial charge in [0, 0.05) is 13.2 Å². The number of rotatable bonds is 3. The molecule has 2 rings (SSSR count). The van der Waals surface area contributed by atoms with Crippen molar-refractivity contribution in [2.24, 2.45) is 0 Å². The van der Waals surface area contributed by atoms with E-state index in [-0.39, 0.29) is 6.10 Å². The molecule has 0 aliphatic carbocycles. The van der Waals surface area contributed by atoms with Gasteiger partial charge in [0.1, 0.15) is 17.9 Å². The van der Waals surface area contributed by atoms with Crippen LogP contribution in [0.4, 0.5) is 0 Å². The highest BCUT2D eigenvalue weighted by atomic mass is 16.5. The Bertz CT molecular complexity index is 373. The van der Waals surface area contributed by atoms with E-state index in [1.807, 2.05) is 0 Å². The molecule has 1 aromatic rings. The molecule has 0 saturated carbocycles. The molecule has 15 heavy (non-hydrogen) atoms. The van der Waals surface area contributed by atoms with Gasteiger partial charge in [-0.25, -0.2) is 4.68 Å². The third-order valence-corrected chi connectivity index (χ3v) is 2.55. The summed E-state index contributed by atoms with van der Waals surface area (Å²) in [6, 6.07) is 2.08. The van der Waals surface area contributed by atoms with E-state index >= 15 is 0 Å². The molecule has 0 aromatic carbocycles. The lowest BCUT2D eigenvalue weighted by molar-refractivity contribution is 0.104. The Hall–Kier alpha value is -1.41. The summed E-state index contributed by atoms with van der Waals surface area (Å²) < 4.78 is 7.38. The van der Waals surface area contributed by atoms with Crippen molar-refractivity contribution in [3.8, 4) is 6.07 Å². The van der Waals surface area contributed by atoms with Gasteiger partial charge in [0.2, 0.25) is 0 Å². The summed E-state index contributed by atoms with van der Waals surface area (Å²) in [5.41, 5.74) is 1.27. The van der Waals surface area contributed by atoms with Crippen molar-refractivity contribution in [2.75, 3.05) is 6.61 Å². The molecule has 1 aliphatic heterocycles. The number of nitriles is 1. The lowest BCUT2D eigenvalue weighted by Gasteiger charge is -2.10. The van der Waals surface area contributed by atoms with Gasteiger partial charge in [-0.05, 0) is 19.3 Å². The first-order valence-corrected chi connectivity index (χ1v) is 5.32. The molecule has 0 amide bonds. The van der Waals surface area contributed by atoms with Crippen LogP contribution in [0.5, 0.6) is 0 Å². The molecule has 1 aromatic heterocycles. The number of hydrogen-bond acceptors (Lipinski definition) is 4. The molecule has 5 nitrogen and oxygen atoms in total. The maximum Gasteiger partial charge on any atom is 0.188 e. The number of aryl methyl sites for hydroxylation is 1. The molecular weight excluding hydrogens is 192 g/mol. The SMILES string of the molecule is CCCn1nnc(C#N)c1C1CCCO1. The van der Waals surface area contributed by atoms with Gasteiger partial charge in [0.05, 0.1) is 0 Å². The van der Waals surface area contributed by atoms with Crippen molar-refractivity contribution >= 4 is 0 Å². The molecule has 0 bridgehead atoms. The summed E-state index contributed by atoms with van der Waals surface area (Å²) >= 11 is 0. The number of ether oxygens (including phenoxy) is 1. The number of aromatic nitrogens is 3. The van der Waals surface area contributed by atoms with Gasteiger partial charge in [0.15, 0.2) is 5.69 Å². The average molecular weight is 206 g/mol. The maximum atomic E-state index is 8.94. The van der Waals surface area contributed by atoms with Crippen LogP contribution in [0, 0.1) is 11.3 Å². The van der Waals surface area contributed by atoms with Gasteiger partial charge < -0.3 is 4.74 Å². The van der Waals surface area contributed by atoms with Crippen molar-refractivity contribution in [2.45, 2.75) is 38.8 Å². The summed E-state index contributed by atoms with van der Waals surface area (Å²) in [6.07, 6.45) is 3.01. The number of hydrogen-bond donors (Lipinski definition) is 0. The molecule has 1 unspecified atom stereocenters. The van der Waals surface area contributed by atoms with E-state index in [9.17, 15) is 0 Å². The molecular formula is C10H14N4O. The Kier molecular flexibility index (Phi) is 2.97. The zero-order valence-electron chi connectivity index (χ0n) is 8.81. The molecule has 80 valence electrons. The Morgan fingerprint density at radius 2 is 2.53 bits per heavy atom. The predicted octanol–water partition coefficient (Wildman–Crippen LogP) is 1.41. The quantitative estimate of drug-likeness (QED) is 0.750. The molecule has 2 heterocycles. The van der Waals surface area contributed by atoms with Crippen LogP contribution in [0.15, 0.2) is 0 Å². The van der Waals surface area contributed by atoms with Crippen molar-refractivity contribution in [1.29, 1.82) is 5.26 Å². The van der Waals surface area contributed by atoms with E-state index in [2.05, 4.69) is 23.3 Å². The zero-order chi connectivity index (χ0) is 10.7. The van der Waals surface area contributed by atoms with E-state index in [0.717, 1.165) is 38.1 Å². The largest absolute Gasteiger partial charge is 0.372 e. The molecule has 1 atom stereocenters. The third-order valence-electron chi connectivity index (χ3n) is 2.55. The first kappa shape index (κ1) is 10.1. The standard InChI is InChI=1S/C10H14N4O/c1-2-5-14-10(8(7-11)12-13-14)9-4-3-6-15-9/h9H,2-6H2,1H3. The number of nitrogens with zero attached hydrogens (tertiary/aromatic N) is 4. The van der Waals surface area contributed by atoms with Gasteiger partial charge in [0.25, 0.3) is 0 Å². The average Bonchev–Trinajstić information content (AvgIpc) is 2.85. The molecule has 1 saturated heterocycles. The first-order valence-electron chi connectivity index (χ1n) is 5.32. The topological polar surface area (TPSA) is 63.7 Å². The van der Waals surface area contributed by atoms with Crippen LogP contribution in [0.25, 0.3) is 0 Å². The van der Waals surface area contributed by atoms with Crippen molar-refractivity contribution in [3.63, 3.8) is 0 Å². The van der Waals surface area contributed by atoms with Crippen LogP contribution >= 0.6 is 0 Å². The van der Waals surface area contributed by atoms with Crippen molar-refractivity contribution < 1.29 is 4.74 Å². The van der Waals surface area contributed by atoms with Crippen LogP contribution in [0.2, 0.25) is 0 Å². The van der Waals surface area contributed by atoms with Gasteiger partial charge in [-0.15, -0.1) is 5.10 Å². The van der Waals surface area contributed by atoms with Crippen molar-refractivity contribution in [3.05, 3.63) is 11.4 Å². The second-order valence-electron chi connectivity index (χ2n) is 3.66. The molecule has 5 heteroatoms. The molecule has 1 fully saturated rings. The van der Waals surface area contributed by atoms with Gasteiger partial charge in [-0.2, -0.15) is 5.26 Å². The van der Waals surface area contributed by atoms with Crippen LogP contribution in [-0.4, -0.2) is 21.6 Å². The van der Waals surface area contributed by atoms with E-state index in [0.29, 0.717) is 5.69 Å². The van der Waals surface area contributed by atoms with Gasteiger partial charge in [-0.1, -0.05) is 12.1 Å². The Morgan fingerprint density at radius 3 is 3.13 bits per heavy atom. The minimum atomic E-state index is 0.0150. The first-order chi connectivity index (χ1) is 7.36. The second kappa shape index (κ2) is 4.41. The highest BCUT2D eigenvalue weighted by Gasteiger charge is 2.26. The van der Waals surface area contributed by atoms with E-state index in [4.69, 9.17) is 10.00 Å². The molecule has 0 N–H and O–H groups in total. The van der Waals surface area contributed by atoms with E-state index in [1.54, 1.807) is 4.68 Å². The summed E-state index contributed by atoms with van der Waals surface area (Å²) in [5, 5.41) is 16.8. The monoisotopic (exact) mass is 206 g/mol. The van der Waals surface area contributed by atoms with Gasteiger partial charge >= 0.3 is 0 Å². The smallest absolute Gasteiger partial charge is 0.188 e. The minimum absolute atomic E-state index is 0.0150. The zero-order valence-corrected chi connectivity index (χ0v) is 8.81. The van der Waals surface area contributed by atoms with Crippen LogP contribution < -0.4 is 0 Å². The summed E-state index contributed by atoms with van der Waals surface area (Å²) in [7, 11) is 0. The van der Waals surface area contributed by atoms with Crippen LogP contribution in [-0.2, 0) is 11.3 Å². The highest BCUT2D eigenvalue weighted by molar-refractivity contribution is 5.27. The summed E-state index contributed by atoms with van der Waals surface area (Å²) in [5.74, 6) is 0. The third kappa shape index (κ3) is 1.85. The van der Waals surface area contributed by atoms with Crippen LogP contribution in [0.3, 0.4) is 0 Å². The lowest BCUT2D eigenvalue weighted by atomic mass is 10.1. The lowest BCUT2D eigenvalue weighted by Crippen LogP contribution is -2.09. The molecule has 0 spiro atoms. The van der Waals surface area contributed by atoms with E-state index < -0.39 is 0 Å². The van der Waals surface area contributed by atoms with Crippen molar-refractivity contribution in [1.82, 2.24) is 15.0 Å². The Balaban J connectivity index is 2.32. The minimum Gasteiger partial charge on any atom is -0.372 e. The van der Waals surface area contributed by atoms with E-state index in [1.165, 1.54) is 0 Å². The van der Waals surface area contributed by atoms with Gasteiger partial charge in [-0.3, -0.25) is 0 Å². The second-order valence-corrected chi connectivity index (χ2v) is 3.66. The highest BCUT2D eigenvalue weighted by Crippen LogP contribution is 2.29. The maximum absolute atomic E-state index is 8.94. The Morgan fingerprint density at radius 1 is 1.67 bits per heavy atom. The predicted molar refractivity (Wildman–Crippen MR) is 53.0 cm³/mol. The molecule has 0 radical (unpaired) electrons.